The zero-order valence-corrected chi connectivity index (χ0v) is 22.9. The summed E-state index contributed by atoms with van der Waals surface area (Å²) in [5, 5.41) is 20.7. The quantitative estimate of drug-likeness (QED) is 0.159. The number of amides is 1. The van der Waals surface area contributed by atoms with Crippen LogP contribution in [0.4, 0.5) is 0 Å². The predicted octanol–water partition coefficient (Wildman–Crippen LogP) is 5.75. The first-order chi connectivity index (χ1) is 18.9. The molecule has 0 aliphatic carbocycles. The van der Waals surface area contributed by atoms with Crippen LogP contribution in [0, 0.1) is 5.92 Å². The Morgan fingerprint density at radius 2 is 1.87 bits per heavy atom. The lowest BCUT2D eigenvalue weighted by atomic mass is 9.94. The van der Waals surface area contributed by atoms with Gasteiger partial charge in [-0.05, 0) is 66.3 Å². The smallest absolute Gasteiger partial charge is 0.255 e. The Balaban J connectivity index is 1.38. The number of ketones is 1. The van der Waals surface area contributed by atoms with E-state index in [9.17, 15) is 14.7 Å². The molecule has 1 atom stereocenters. The van der Waals surface area contributed by atoms with Crippen molar-refractivity contribution >= 4 is 33.4 Å². The Morgan fingerprint density at radius 3 is 2.64 bits per heavy atom. The average molecular weight is 532 g/mol. The summed E-state index contributed by atoms with van der Waals surface area (Å²) < 4.78 is 12.1. The summed E-state index contributed by atoms with van der Waals surface area (Å²) in [7, 11) is 3.20. The van der Waals surface area contributed by atoms with Crippen molar-refractivity contribution in [2.24, 2.45) is 5.92 Å². The van der Waals surface area contributed by atoms with E-state index in [4.69, 9.17) is 9.47 Å². The molecule has 2 N–H and O–H groups in total. The Morgan fingerprint density at radius 1 is 1.05 bits per heavy atom. The van der Waals surface area contributed by atoms with Crippen molar-refractivity contribution in [3.8, 4) is 11.5 Å². The first-order valence-electron chi connectivity index (χ1n) is 13.5. The summed E-state index contributed by atoms with van der Waals surface area (Å²) >= 11 is 0. The van der Waals surface area contributed by atoms with Crippen molar-refractivity contribution in [1.82, 2.24) is 15.1 Å². The second-order valence-electron chi connectivity index (χ2n) is 9.89. The van der Waals surface area contributed by atoms with Gasteiger partial charge in [0.15, 0.2) is 5.78 Å². The molecule has 1 aromatic heterocycles. The molecule has 0 fully saturated rings. The molecule has 206 valence electrons. The van der Waals surface area contributed by atoms with Crippen LogP contribution in [0.5, 0.6) is 11.5 Å². The summed E-state index contributed by atoms with van der Waals surface area (Å²) in [6, 6.07) is 15.0. The van der Waals surface area contributed by atoms with E-state index >= 15 is 0 Å². The van der Waals surface area contributed by atoms with Crippen LogP contribution in [0.25, 0.3) is 21.7 Å². The van der Waals surface area contributed by atoms with E-state index in [1.807, 2.05) is 41.1 Å². The molecule has 8 nitrogen and oxygen atoms in total. The van der Waals surface area contributed by atoms with Gasteiger partial charge in [-0.2, -0.15) is 5.10 Å². The normalized spacial score (nSPS) is 12.1. The Kier molecular flexibility index (Phi) is 9.54. The maximum absolute atomic E-state index is 12.9. The molecule has 1 amide bonds. The molecule has 0 radical (unpaired) electrons. The number of aromatic hydroxyl groups is 1. The van der Waals surface area contributed by atoms with Gasteiger partial charge >= 0.3 is 0 Å². The lowest BCUT2D eigenvalue weighted by Gasteiger charge is -2.16. The molecule has 39 heavy (non-hydrogen) atoms. The Bertz CT molecular complexity index is 1450. The van der Waals surface area contributed by atoms with E-state index in [1.54, 1.807) is 32.5 Å². The van der Waals surface area contributed by atoms with E-state index in [1.165, 1.54) is 0 Å². The van der Waals surface area contributed by atoms with Gasteiger partial charge in [0.25, 0.3) is 5.91 Å². The number of phenols is 1. The zero-order valence-electron chi connectivity index (χ0n) is 22.9. The number of nitrogens with zero attached hydrogens (tertiary/aromatic N) is 2. The lowest BCUT2D eigenvalue weighted by Crippen LogP contribution is -2.26. The summed E-state index contributed by atoms with van der Waals surface area (Å²) in [6.45, 7) is 3.60. The number of carbonyl (C=O) groups is 2. The molecule has 3 aromatic carbocycles. The number of hydrogen-bond donors (Lipinski definition) is 2. The number of Topliss-reactive ketones (excluding diaryl/α,β-unsaturated/α-hetero) is 1. The number of aromatic nitrogens is 2. The van der Waals surface area contributed by atoms with Crippen molar-refractivity contribution in [2.45, 2.75) is 45.6 Å². The van der Waals surface area contributed by atoms with Crippen molar-refractivity contribution in [2.75, 3.05) is 27.4 Å². The highest BCUT2D eigenvalue weighted by Crippen LogP contribution is 2.29. The molecule has 4 rings (SSSR count). The molecular weight excluding hydrogens is 494 g/mol. The highest BCUT2D eigenvalue weighted by Gasteiger charge is 2.18. The van der Waals surface area contributed by atoms with Crippen LogP contribution in [-0.2, 0) is 11.3 Å². The lowest BCUT2D eigenvalue weighted by molar-refractivity contribution is 0.0933. The SMILES string of the molecule is CCCC(CCCC(=O)c1ccc2ccc(OC)cc2c1)Cn1cc2c(O)c(C(=O)NCCOC)ccc2n1. The summed E-state index contributed by atoms with van der Waals surface area (Å²) in [6.07, 6.45) is 6.02. The molecule has 0 aliphatic heterocycles. The van der Waals surface area contributed by atoms with Gasteiger partial charge in [0.1, 0.15) is 11.5 Å². The van der Waals surface area contributed by atoms with Gasteiger partial charge in [0.05, 0.1) is 30.2 Å². The number of nitrogens with one attached hydrogen (secondary N) is 1. The minimum absolute atomic E-state index is 0.0701. The standard InChI is InChI=1S/C31H37N3O5/c1-4-6-21(7-5-8-29(35)23-10-9-22-11-12-25(39-3)18-24(22)17-23)19-34-20-27-28(33-34)14-13-26(30(27)36)31(37)32-15-16-38-2/h9-14,17-18,20-21,36H,4-8,15-16,19H2,1-3H3,(H,32,37). The van der Waals surface area contributed by atoms with Crippen LogP contribution >= 0.6 is 0 Å². The van der Waals surface area contributed by atoms with E-state index in [2.05, 4.69) is 17.3 Å². The number of benzene rings is 3. The van der Waals surface area contributed by atoms with E-state index in [-0.39, 0.29) is 23.0 Å². The number of hydrogen-bond acceptors (Lipinski definition) is 6. The van der Waals surface area contributed by atoms with Crippen LogP contribution < -0.4 is 10.1 Å². The van der Waals surface area contributed by atoms with Gasteiger partial charge in [-0.3, -0.25) is 14.3 Å². The third-order valence-electron chi connectivity index (χ3n) is 7.07. The van der Waals surface area contributed by atoms with Gasteiger partial charge in [-0.25, -0.2) is 0 Å². The van der Waals surface area contributed by atoms with Crippen molar-refractivity contribution < 1.29 is 24.2 Å². The zero-order chi connectivity index (χ0) is 27.8. The maximum Gasteiger partial charge on any atom is 0.255 e. The van der Waals surface area contributed by atoms with Gasteiger partial charge < -0.3 is 19.9 Å². The molecule has 0 saturated carbocycles. The minimum Gasteiger partial charge on any atom is -0.506 e. The van der Waals surface area contributed by atoms with Crippen molar-refractivity contribution in [3.63, 3.8) is 0 Å². The van der Waals surface area contributed by atoms with Crippen LogP contribution in [-0.4, -0.2) is 53.9 Å². The number of methoxy groups -OCH3 is 2. The fourth-order valence-corrected chi connectivity index (χ4v) is 4.99. The topological polar surface area (TPSA) is 103 Å². The third-order valence-corrected chi connectivity index (χ3v) is 7.07. The first-order valence-corrected chi connectivity index (χ1v) is 13.5. The molecule has 0 bridgehead atoms. The molecule has 4 aromatic rings. The van der Waals surface area contributed by atoms with E-state index < -0.39 is 0 Å². The summed E-state index contributed by atoms with van der Waals surface area (Å²) in [4.78, 5) is 25.4. The number of carbonyl (C=O) groups excluding carboxylic acids is 2. The van der Waals surface area contributed by atoms with Gasteiger partial charge in [-0.1, -0.05) is 31.5 Å². The number of rotatable bonds is 14. The van der Waals surface area contributed by atoms with Crippen LogP contribution in [0.15, 0.2) is 54.7 Å². The molecule has 0 saturated heterocycles. The van der Waals surface area contributed by atoms with Crippen LogP contribution in [0.1, 0.15) is 59.7 Å². The first kappa shape index (κ1) is 28.1. The van der Waals surface area contributed by atoms with Gasteiger partial charge in [0, 0.05) is 38.4 Å². The average Bonchev–Trinajstić information content (AvgIpc) is 3.36. The fourth-order valence-electron chi connectivity index (χ4n) is 4.99. The molecule has 8 heteroatoms. The van der Waals surface area contributed by atoms with Crippen molar-refractivity contribution in [3.05, 3.63) is 65.9 Å². The Labute approximate surface area is 228 Å². The Hall–Kier alpha value is -3.91. The molecule has 0 spiro atoms. The van der Waals surface area contributed by atoms with E-state index in [0.717, 1.165) is 47.8 Å². The third kappa shape index (κ3) is 6.95. The predicted molar refractivity (Wildman–Crippen MR) is 153 cm³/mol. The molecule has 1 unspecified atom stereocenters. The molecule has 0 aliphatic rings. The monoisotopic (exact) mass is 531 g/mol. The highest BCUT2D eigenvalue weighted by atomic mass is 16.5. The summed E-state index contributed by atoms with van der Waals surface area (Å²) in [5.74, 6) is 0.839. The van der Waals surface area contributed by atoms with Gasteiger partial charge in [-0.15, -0.1) is 0 Å². The number of ether oxygens (including phenoxy) is 2. The van der Waals surface area contributed by atoms with Crippen LogP contribution in [0.2, 0.25) is 0 Å². The second kappa shape index (κ2) is 13.2. The molecule has 1 heterocycles. The van der Waals surface area contributed by atoms with Crippen molar-refractivity contribution in [1.29, 1.82) is 0 Å². The number of fused-ring (bicyclic) bond motifs is 2. The summed E-state index contributed by atoms with van der Waals surface area (Å²) in [5.41, 5.74) is 1.58. The highest BCUT2D eigenvalue weighted by molar-refractivity contribution is 6.03. The fraction of sp³-hybridized carbons (Fsp3) is 0.387. The maximum atomic E-state index is 12.9. The van der Waals surface area contributed by atoms with E-state index in [0.29, 0.717) is 42.9 Å². The number of phenolic OH excluding ortho intramolecular Hbond substituents is 1. The van der Waals surface area contributed by atoms with Crippen LogP contribution in [0.3, 0.4) is 0 Å². The largest absolute Gasteiger partial charge is 0.506 e. The molecular formula is C31H37N3O5. The minimum atomic E-state index is -0.349. The second-order valence-corrected chi connectivity index (χ2v) is 9.89. The van der Waals surface area contributed by atoms with Gasteiger partial charge in [0.2, 0.25) is 0 Å².